The molecular formula is C22H17F3O. The van der Waals surface area contributed by atoms with Gasteiger partial charge in [0, 0.05) is 5.57 Å². The Morgan fingerprint density at radius 2 is 1.23 bits per heavy atom. The largest absolute Gasteiger partial charge is 0.497 e. The Hall–Kier alpha value is -3.01. The summed E-state index contributed by atoms with van der Waals surface area (Å²) >= 11 is 0. The fourth-order valence-corrected chi connectivity index (χ4v) is 2.89. The normalized spacial score (nSPS) is 12.5. The number of allylic oxidation sites excluding steroid dienone is 1. The van der Waals surface area contributed by atoms with E-state index in [1.165, 1.54) is 19.2 Å². The van der Waals surface area contributed by atoms with Crippen LogP contribution in [0, 0.1) is 0 Å². The molecule has 132 valence electrons. The van der Waals surface area contributed by atoms with Gasteiger partial charge in [0.15, 0.2) is 0 Å². The van der Waals surface area contributed by atoms with Crippen LogP contribution in [0.25, 0.3) is 11.1 Å². The highest BCUT2D eigenvalue weighted by atomic mass is 19.4. The highest BCUT2D eigenvalue weighted by Crippen LogP contribution is 2.42. The number of hydrogen-bond acceptors (Lipinski definition) is 1. The average Bonchev–Trinajstić information content (AvgIpc) is 2.66. The van der Waals surface area contributed by atoms with Gasteiger partial charge in [0.05, 0.1) is 12.7 Å². The minimum atomic E-state index is -4.52. The molecular weight excluding hydrogens is 337 g/mol. The number of ether oxygens (including phenoxy) is 1. The van der Waals surface area contributed by atoms with Gasteiger partial charge in [0.25, 0.3) is 0 Å². The van der Waals surface area contributed by atoms with E-state index in [0.717, 1.165) is 0 Å². The lowest BCUT2D eigenvalue weighted by Crippen LogP contribution is -2.14. The monoisotopic (exact) mass is 354 g/mol. The summed E-state index contributed by atoms with van der Waals surface area (Å²) in [6.07, 6.45) is -4.52. The molecule has 0 unspecified atom stereocenters. The SMILES string of the molecule is COc1cccc(/C(=C(/c2ccccc2)C(F)(F)F)c2ccccc2)c1. The molecule has 0 N–H and O–H groups in total. The Labute approximate surface area is 150 Å². The van der Waals surface area contributed by atoms with Crippen molar-refractivity contribution in [2.24, 2.45) is 0 Å². The van der Waals surface area contributed by atoms with Gasteiger partial charge in [-0.3, -0.25) is 0 Å². The molecule has 3 aromatic carbocycles. The Bertz CT molecular complexity index is 897. The highest BCUT2D eigenvalue weighted by Gasteiger charge is 2.38. The van der Waals surface area contributed by atoms with Crippen LogP contribution in [0.4, 0.5) is 13.2 Å². The van der Waals surface area contributed by atoms with E-state index < -0.39 is 11.7 Å². The maximum absolute atomic E-state index is 14.1. The first-order valence-corrected chi connectivity index (χ1v) is 8.07. The van der Waals surface area contributed by atoms with Gasteiger partial charge in [-0.2, -0.15) is 13.2 Å². The molecule has 0 radical (unpaired) electrons. The van der Waals surface area contributed by atoms with Gasteiger partial charge in [0.2, 0.25) is 0 Å². The molecule has 0 fully saturated rings. The number of benzene rings is 3. The zero-order chi connectivity index (χ0) is 18.6. The molecule has 0 atom stereocenters. The van der Waals surface area contributed by atoms with Crippen molar-refractivity contribution in [2.75, 3.05) is 7.11 Å². The van der Waals surface area contributed by atoms with Crippen molar-refractivity contribution in [1.29, 1.82) is 0 Å². The molecule has 0 amide bonds. The smallest absolute Gasteiger partial charge is 0.417 e. The summed E-state index contributed by atoms with van der Waals surface area (Å²) in [4.78, 5) is 0. The van der Waals surface area contributed by atoms with E-state index >= 15 is 0 Å². The zero-order valence-electron chi connectivity index (χ0n) is 14.1. The third-order valence-corrected chi connectivity index (χ3v) is 4.02. The van der Waals surface area contributed by atoms with E-state index in [9.17, 15) is 13.2 Å². The van der Waals surface area contributed by atoms with Gasteiger partial charge in [-0.05, 0) is 28.8 Å². The molecule has 0 aromatic heterocycles. The molecule has 0 aliphatic rings. The molecule has 26 heavy (non-hydrogen) atoms. The number of rotatable bonds is 4. The van der Waals surface area contributed by atoms with E-state index in [0.29, 0.717) is 16.9 Å². The number of hydrogen-bond donors (Lipinski definition) is 0. The van der Waals surface area contributed by atoms with Gasteiger partial charge in [-0.1, -0.05) is 72.8 Å². The summed E-state index contributed by atoms with van der Waals surface area (Å²) in [5.41, 5.74) is 0.533. The second kappa shape index (κ2) is 7.48. The summed E-state index contributed by atoms with van der Waals surface area (Å²) in [5.74, 6) is 0.505. The van der Waals surface area contributed by atoms with Crippen LogP contribution in [0.3, 0.4) is 0 Å². The van der Waals surface area contributed by atoms with Gasteiger partial charge in [-0.25, -0.2) is 0 Å². The van der Waals surface area contributed by atoms with Crippen LogP contribution >= 0.6 is 0 Å². The molecule has 0 aliphatic heterocycles. The minimum Gasteiger partial charge on any atom is -0.497 e. The quantitative estimate of drug-likeness (QED) is 0.506. The van der Waals surface area contributed by atoms with Crippen molar-refractivity contribution in [3.05, 3.63) is 102 Å². The molecule has 0 aliphatic carbocycles. The van der Waals surface area contributed by atoms with Crippen molar-refractivity contribution in [2.45, 2.75) is 6.18 Å². The molecule has 1 nitrogen and oxygen atoms in total. The molecule has 0 bridgehead atoms. The van der Waals surface area contributed by atoms with Crippen molar-refractivity contribution in [3.63, 3.8) is 0 Å². The standard InChI is InChI=1S/C22H17F3O/c1-26-19-14-8-13-18(15-19)20(16-9-4-2-5-10-16)21(22(23,24)25)17-11-6-3-7-12-17/h2-15H,1H3/b21-20-. The van der Waals surface area contributed by atoms with Crippen molar-refractivity contribution < 1.29 is 17.9 Å². The van der Waals surface area contributed by atoms with Gasteiger partial charge < -0.3 is 4.74 Å². The number of halogens is 3. The van der Waals surface area contributed by atoms with E-state index in [1.807, 2.05) is 0 Å². The van der Waals surface area contributed by atoms with Crippen molar-refractivity contribution in [3.8, 4) is 5.75 Å². The first-order valence-electron chi connectivity index (χ1n) is 8.07. The van der Waals surface area contributed by atoms with Crippen LogP contribution in [-0.2, 0) is 0 Å². The van der Waals surface area contributed by atoms with Gasteiger partial charge in [0.1, 0.15) is 5.75 Å². The Morgan fingerprint density at radius 1 is 0.692 bits per heavy atom. The Morgan fingerprint density at radius 3 is 1.77 bits per heavy atom. The lowest BCUT2D eigenvalue weighted by molar-refractivity contribution is -0.0685. The number of methoxy groups -OCH3 is 1. The topological polar surface area (TPSA) is 9.23 Å². The summed E-state index contributed by atoms with van der Waals surface area (Å²) in [7, 11) is 1.49. The summed E-state index contributed by atoms with van der Waals surface area (Å²) in [6.45, 7) is 0. The fourth-order valence-electron chi connectivity index (χ4n) is 2.89. The van der Waals surface area contributed by atoms with E-state index in [1.54, 1.807) is 72.8 Å². The predicted molar refractivity (Wildman–Crippen MR) is 97.8 cm³/mol. The van der Waals surface area contributed by atoms with Crippen LogP contribution in [0.5, 0.6) is 5.75 Å². The van der Waals surface area contributed by atoms with E-state index in [-0.39, 0.29) is 11.1 Å². The van der Waals surface area contributed by atoms with Crippen LogP contribution in [0.2, 0.25) is 0 Å². The molecule has 0 heterocycles. The second-order valence-corrected chi connectivity index (χ2v) is 5.71. The molecule has 0 saturated heterocycles. The maximum atomic E-state index is 14.1. The third-order valence-electron chi connectivity index (χ3n) is 4.02. The first-order chi connectivity index (χ1) is 12.5. The van der Waals surface area contributed by atoms with E-state index in [2.05, 4.69) is 0 Å². The summed E-state index contributed by atoms with van der Waals surface area (Å²) < 4.78 is 47.6. The highest BCUT2D eigenvalue weighted by molar-refractivity contribution is 6.00. The molecule has 3 aromatic rings. The van der Waals surface area contributed by atoms with Crippen molar-refractivity contribution >= 4 is 11.1 Å². The number of alkyl halides is 3. The third kappa shape index (κ3) is 3.80. The van der Waals surface area contributed by atoms with Crippen LogP contribution in [0.1, 0.15) is 16.7 Å². The van der Waals surface area contributed by atoms with Crippen LogP contribution in [-0.4, -0.2) is 13.3 Å². The fraction of sp³-hybridized carbons (Fsp3) is 0.0909. The molecule has 0 spiro atoms. The first kappa shape index (κ1) is 17.8. The van der Waals surface area contributed by atoms with Gasteiger partial charge >= 0.3 is 6.18 Å². The van der Waals surface area contributed by atoms with Crippen molar-refractivity contribution in [1.82, 2.24) is 0 Å². The molecule has 3 rings (SSSR count). The lowest BCUT2D eigenvalue weighted by atomic mass is 9.89. The maximum Gasteiger partial charge on any atom is 0.417 e. The lowest BCUT2D eigenvalue weighted by Gasteiger charge is -2.20. The Kier molecular flexibility index (Phi) is 5.12. The zero-order valence-corrected chi connectivity index (χ0v) is 14.1. The average molecular weight is 354 g/mol. The van der Waals surface area contributed by atoms with Gasteiger partial charge in [-0.15, -0.1) is 0 Å². The predicted octanol–water partition coefficient (Wildman–Crippen LogP) is 6.22. The molecule has 0 saturated carbocycles. The summed E-state index contributed by atoms with van der Waals surface area (Å²) in [6, 6.07) is 23.2. The van der Waals surface area contributed by atoms with E-state index in [4.69, 9.17) is 4.74 Å². The Balaban J connectivity index is 2.38. The minimum absolute atomic E-state index is 0.127. The van der Waals surface area contributed by atoms with Crippen LogP contribution in [0.15, 0.2) is 84.9 Å². The molecule has 4 heteroatoms. The van der Waals surface area contributed by atoms with Crippen LogP contribution < -0.4 is 4.74 Å². The second-order valence-electron chi connectivity index (χ2n) is 5.71. The summed E-state index contributed by atoms with van der Waals surface area (Å²) in [5, 5.41) is 0.